The Morgan fingerprint density at radius 2 is 2.00 bits per heavy atom. The Morgan fingerprint density at radius 1 is 1.24 bits per heavy atom. The van der Waals surface area contributed by atoms with Gasteiger partial charge in [-0.1, -0.05) is 37.1 Å². The number of rotatable bonds is 9. The van der Waals surface area contributed by atoms with E-state index >= 15 is 0 Å². The molecule has 0 aliphatic rings. The van der Waals surface area contributed by atoms with E-state index in [4.69, 9.17) is 5.84 Å². The van der Waals surface area contributed by atoms with E-state index in [0.717, 1.165) is 38.2 Å². The molecular weight excluding hydrogens is 277 g/mol. The summed E-state index contributed by atoms with van der Waals surface area (Å²) in [5, 5.41) is 0. The highest BCUT2D eigenvalue weighted by Crippen LogP contribution is 2.29. The minimum atomic E-state index is -4.30. The van der Waals surface area contributed by atoms with Crippen LogP contribution in [-0.2, 0) is 12.6 Å². The van der Waals surface area contributed by atoms with Crippen LogP contribution in [0.25, 0.3) is 0 Å². The van der Waals surface area contributed by atoms with Crippen molar-refractivity contribution in [1.82, 2.24) is 5.43 Å². The van der Waals surface area contributed by atoms with Crippen molar-refractivity contribution in [2.24, 2.45) is 5.84 Å². The molecule has 0 heterocycles. The molecule has 0 saturated carbocycles. The number of hydrazine groups is 1. The van der Waals surface area contributed by atoms with Gasteiger partial charge in [-0.15, -0.1) is 6.58 Å². The predicted molar refractivity (Wildman–Crippen MR) is 79.5 cm³/mol. The first-order chi connectivity index (χ1) is 9.97. The second-order valence-electron chi connectivity index (χ2n) is 5.19. The van der Waals surface area contributed by atoms with E-state index in [2.05, 4.69) is 12.0 Å². The molecular formula is C16H23F3N2. The Balaban J connectivity index is 2.51. The van der Waals surface area contributed by atoms with Crippen LogP contribution in [-0.4, -0.2) is 6.04 Å². The van der Waals surface area contributed by atoms with E-state index in [0.29, 0.717) is 12.0 Å². The standard InChI is InChI=1S/C16H23F3N2/c1-2-3-4-5-6-10-15(21-20)12-13-8-7-9-14(11-13)16(17,18)19/h2,7-9,11,15,21H,1,3-6,10,12,20H2. The zero-order valence-electron chi connectivity index (χ0n) is 12.1. The molecule has 1 atom stereocenters. The third-order valence-electron chi connectivity index (χ3n) is 3.43. The van der Waals surface area contributed by atoms with E-state index in [1.807, 2.05) is 6.08 Å². The van der Waals surface area contributed by atoms with Crippen molar-refractivity contribution in [3.05, 3.63) is 48.0 Å². The summed E-state index contributed by atoms with van der Waals surface area (Å²) in [7, 11) is 0. The quantitative estimate of drug-likeness (QED) is 0.310. The monoisotopic (exact) mass is 300 g/mol. The topological polar surface area (TPSA) is 38.0 Å². The van der Waals surface area contributed by atoms with Gasteiger partial charge < -0.3 is 0 Å². The van der Waals surface area contributed by atoms with Gasteiger partial charge in [0.25, 0.3) is 0 Å². The second kappa shape index (κ2) is 8.85. The fraction of sp³-hybridized carbons (Fsp3) is 0.500. The molecule has 3 N–H and O–H groups in total. The van der Waals surface area contributed by atoms with E-state index in [9.17, 15) is 13.2 Å². The van der Waals surface area contributed by atoms with E-state index in [-0.39, 0.29) is 6.04 Å². The molecule has 0 spiro atoms. The number of hydrogen-bond acceptors (Lipinski definition) is 2. The van der Waals surface area contributed by atoms with Crippen LogP contribution >= 0.6 is 0 Å². The molecule has 0 aromatic heterocycles. The van der Waals surface area contributed by atoms with Crippen molar-refractivity contribution in [2.45, 2.75) is 50.7 Å². The smallest absolute Gasteiger partial charge is 0.271 e. The molecule has 1 aromatic carbocycles. The Labute approximate surface area is 124 Å². The SMILES string of the molecule is C=CCCCCCC(Cc1cccc(C(F)(F)F)c1)NN. The fourth-order valence-electron chi connectivity index (χ4n) is 2.26. The number of hydrogen-bond donors (Lipinski definition) is 2. The summed E-state index contributed by atoms with van der Waals surface area (Å²) in [6.07, 6.45) is 3.10. The molecule has 0 aliphatic carbocycles. The van der Waals surface area contributed by atoms with Crippen LogP contribution in [0.2, 0.25) is 0 Å². The minimum Gasteiger partial charge on any atom is -0.271 e. The van der Waals surface area contributed by atoms with Gasteiger partial charge in [0.15, 0.2) is 0 Å². The van der Waals surface area contributed by atoms with Gasteiger partial charge in [-0.25, -0.2) is 0 Å². The van der Waals surface area contributed by atoms with Gasteiger partial charge in [-0.2, -0.15) is 13.2 Å². The fourth-order valence-corrected chi connectivity index (χ4v) is 2.26. The maximum atomic E-state index is 12.7. The van der Waals surface area contributed by atoms with Crippen LogP contribution in [0, 0.1) is 0 Å². The molecule has 0 bridgehead atoms. The summed E-state index contributed by atoms with van der Waals surface area (Å²) in [6.45, 7) is 3.67. The second-order valence-corrected chi connectivity index (χ2v) is 5.19. The van der Waals surface area contributed by atoms with Gasteiger partial charge in [-0.3, -0.25) is 11.3 Å². The zero-order chi connectivity index (χ0) is 15.7. The molecule has 118 valence electrons. The average Bonchev–Trinajstić information content (AvgIpc) is 2.45. The first-order valence-corrected chi connectivity index (χ1v) is 7.20. The summed E-state index contributed by atoms with van der Waals surface area (Å²) in [6, 6.07) is 5.43. The average molecular weight is 300 g/mol. The van der Waals surface area contributed by atoms with E-state index in [1.54, 1.807) is 6.07 Å². The van der Waals surface area contributed by atoms with Crippen LogP contribution in [0.15, 0.2) is 36.9 Å². The van der Waals surface area contributed by atoms with Crippen LogP contribution in [0.5, 0.6) is 0 Å². The Morgan fingerprint density at radius 3 is 2.62 bits per heavy atom. The van der Waals surface area contributed by atoms with Crippen molar-refractivity contribution in [2.75, 3.05) is 0 Å². The van der Waals surface area contributed by atoms with Crippen molar-refractivity contribution in [3.63, 3.8) is 0 Å². The van der Waals surface area contributed by atoms with E-state index < -0.39 is 11.7 Å². The highest BCUT2D eigenvalue weighted by atomic mass is 19.4. The lowest BCUT2D eigenvalue weighted by Gasteiger charge is -2.16. The molecule has 21 heavy (non-hydrogen) atoms. The molecule has 0 aliphatic heterocycles. The molecule has 2 nitrogen and oxygen atoms in total. The summed E-state index contributed by atoms with van der Waals surface area (Å²) in [5.41, 5.74) is 2.74. The molecule has 1 unspecified atom stereocenters. The normalized spacial score (nSPS) is 13.1. The molecule has 1 rings (SSSR count). The predicted octanol–water partition coefficient (Wildman–Crippen LogP) is 4.22. The van der Waals surface area contributed by atoms with Gasteiger partial charge in [-0.05, 0) is 37.3 Å². The van der Waals surface area contributed by atoms with Gasteiger partial charge in [0.1, 0.15) is 0 Å². The Bertz CT molecular complexity index is 430. The van der Waals surface area contributed by atoms with Crippen molar-refractivity contribution in [3.8, 4) is 0 Å². The zero-order valence-corrected chi connectivity index (χ0v) is 12.1. The summed E-state index contributed by atoms with van der Waals surface area (Å²) < 4.78 is 38.0. The van der Waals surface area contributed by atoms with Gasteiger partial charge in [0.05, 0.1) is 5.56 Å². The largest absolute Gasteiger partial charge is 0.416 e. The van der Waals surface area contributed by atoms with Crippen LogP contribution in [0.4, 0.5) is 13.2 Å². The molecule has 0 amide bonds. The number of alkyl halides is 3. The summed E-state index contributed by atoms with van der Waals surface area (Å²) in [5.74, 6) is 5.50. The maximum absolute atomic E-state index is 12.7. The first-order valence-electron chi connectivity index (χ1n) is 7.20. The summed E-state index contributed by atoms with van der Waals surface area (Å²) >= 11 is 0. The molecule has 0 fully saturated rings. The third-order valence-corrected chi connectivity index (χ3v) is 3.43. The number of halogens is 3. The lowest BCUT2D eigenvalue weighted by atomic mass is 9.99. The van der Waals surface area contributed by atoms with Crippen molar-refractivity contribution >= 4 is 0 Å². The summed E-state index contributed by atoms with van der Waals surface area (Å²) in [4.78, 5) is 0. The number of unbranched alkanes of at least 4 members (excludes halogenated alkanes) is 3. The number of benzene rings is 1. The molecule has 0 radical (unpaired) electrons. The highest BCUT2D eigenvalue weighted by molar-refractivity contribution is 5.26. The molecule has 5 heteroatoms. The maximum Gasteiger partial charge on any atom is 0.416 e. The lowest BCUT2D eigenvalue weighted by molar-refractivity contribution is -0.137. The highest BCUT2D eigenvalue weighted by Gasteiger charge is 2.30. The van der Waals surface area contributed by atoms with Crippen LogP contribution in [0.3, 0.4) is 0 Å². The van der Waals surface area contributed by atoms with Gasteiger partial charge in [0, 0.05) is 6.04 Å². The van der Waals surface area contributed by atoms with Gasteiger partial charge >= 0.3 is 6.18 Å². The minimum absolute atomic E-state index is 0.00258. The molecule has 0 saturated heterocycles. The Hall–Kier alpha value is -1.33. The Kier molecular flexibility index (Phi) is 7.47. The number of allylic oxidation sites excluding steroid dienone is 1. The van der Waals surface area contributed by atoms with Crippen LogP contribution < -0.4 is 11.3 Å². The first kappa shape index (κ1) is 17.7. The van der Waals surface area contributed by atoms with Crippen molar-refractivity contribution in [1.29, 1.82) is 0 Å². The molecule has 1 aromatic rings. The third kappa shape index (κ3) is 6.78. The van der Waals surface area contributed by atoms with Gasteiger partial charge in [0.2, 0.25) is 0 Å². The van der Waals surface area contributed by atoms with E-state index in [1.165, 1.54) is 12.1 Å². The van der Waals surface area contributed by atoms with Crippen LogP contribution in [0.1, 0.15) is 43.2 Å². The number of nitrogens with two attached hydrogens (primary N) is 1. The number of nitrogens with one attached hydrogen (secondary N) is 1. The lowest BCUT2D eigenvalue weighted by Crippen LogP contribution is -2.36. The van der Waals surface area contributed by atoms with Crippen molar-refractivity contribution < 1.29 is 13.2 Å².